The molecule has 3 nitrogen and oxygen atoms in total. The van der Waals surface area contributed by atoms with Crippen LogP contribution < -0.4 is 10.1 Å². The van der Waals surface area contributed by atoms with Crippen LogP contribution in [0.25, 0.3) is 0 Å². The van der Waals surface area contributed by atoms with E-state index in [-0.39, 0.29) is 5.02 Å². The van der Waals surface area contributed by atoms with Crippen molar-refractivity contribution in [2.75, 3.05) is 6.54 Å². The molecule has 1 aromatic heterocycles. The predicted octanol–water partition coefficient (Wildman–Crippen LogP) is 4.93. The second kappa shape index (κ2) is 7.73. The number of benzene rings is 1. The Morgan fingerprint density at radius 3 is 2.95 bits per heavy atom. The third-order valence-electron chi connectivity index (χ3n) is 2.81. The molecule has 0 saturated carbocycles. The summed E-state index contributed by atoms with van der Waals surface area (Å²) in [7, 11) is 0. The van der Waals surface area contributed by atoms with Crippen LogP contribution >= 0.6 is 27.5 Å². The number of halogens is 3. The van der Waals surface area contributed by atoms with E-state index in [1.165, 1.54) is 12.1 Å². The fraction of sp³-hybridized carbons (Fsp3) is 0.267. The highest BCUT2D eigenvalue weighted by molar-refractivity contribution is 9.10. The topological polar surface area (TPSA) is 34.2 Å². The summed E-state index contributed by atoms with van der Waals surface area (Å²) in [6, 6.07) is 4.60. The quantitative estimate of drug-likeness (QED) is 0.576. The lowest BCUT2D eigenvalue weighted by Gasteiger charge is -2.12. The predicted molar refractivity (Wildman–Crippen MR) is 85.4 cm³/mol. The van der Waals surface area contributed by atoms with Crippen LogP contribution in [0.15, 0.2) is 35.1 Å². The van der Waals surface area contributed by atoms with Gasteiger partial charge in [0.15, 0.2) is 0 Å². The standard InChI is InChI=1S/C15H15BrClFN2O/c1-2-4-19-8-10-3-5-20-9-15(10)21-14-7-13(18)12(17)6-11(14)16/h3,5-7,9,19H,2,4,8H2,1H3. The van der Waals surface area contributed by atoms with Gasteiger partial charge >= 0.3 is 0 Å². The average molecular weight is 374 g/mol. The number of pyridine rings is 1. The minimum Gasteiger partial charge on any atom is -0.454 e. The second-order valence-electron chi connectivity index (χ2n) is 4.46. The van der Waals surface area contributed by atoms with Crippen molar-refractivity contribution in [3.63, 3.8) is 0 Å². The Bertz CT molecular complexity index is 625. The van der Waals surface area contributed by atoms with E-state index in [0.29, 0.717) is 22.5 Å². The first-order valence-corrected chi connectivity index (χ1v) is 7.75. The van der Waals surface area contributed by atoms with Gasteiger partial charge in [0.25, 0.3) is 0 Å². The summed E-state index contributed by atoms with van der Waals surface area (Å²) in [5.74, 6) is 0.426. The third-order valence-corrected chi connectivity index (χ3v) is 3.72. The van der Waals surface area contributed by atoms with Crippen molar-refractivity contribution >= 4 is 27.5 Å². The molecule has 0 radical (unpaired) electrons. The number of rotatable bonds is 6. The number of hydrogen-bond donors (Lipinski definition) is 1. The van der Waals surface area contributed by atoms with Gasteiger partial charge in [-0.1, -0.05) is 18.5 Å². The molecule has 0 amide bonds. The normalized spacial score (nSPS) is 10.7. The maximum Gasteiger partial charge on any atom is 0.150 e. The maximum atomic E-state index is 13.6. The average Bonchev–Trinajstić information content (AvgIpc) is 2.47. The van der Waals surface area contributed by atoms with Gasteiger partial charge in [0.05, 0.1) is 15.7 Å². The summed E-state index contributed by atoms with van der Waals surface area (Å²) in [6.45, 7) is 3.69. The lowest BCUT2D eigenvalue weighted by Crippen LogP contribution is -2.14. The van der Waals surface area contributed by atoms with Gasteiger partial charge in [0.2, 0.25) is 0 Å². The highest BCUT2D eigenvalue weighted by atomic mass is 79.9. The number of nitrogens with one attached hydrogen (secondary N) is 1. The van der Waals surface area contributed by atoms with E-state index in [9.17, 15) is 4.39 Å². The summed E-state index contributed by atoms with van der Waals surface area (Å²) < 4.78 is 19.9. The molecule has 0 saturated heterocycles. The zero-order valence-electron chi connectivity index (χ0n) is 11.5. The summed E-state index contributed by atoms with van der Waals surface area (Å²) in [6.07, 6.45) is 4.37. The van der Waals surface area contributed by atoms with Crippen molar-refractivity contribution in [3.05, 3.63) is 51.5 Å². The Morgan fingerprint density at radius 1 is 1.38 bits per heavy atom. The molecule has 1 N–H and O–H groups in total. The molecule has 112 valence electrons. The molecule has 0 fully saturated rings. The minimum atomic E-state index is -0.524. The molecule has 1 aromatic carbocycles. The molecular formula is C15H15BrClFN2O. The van der Waals surface area contributed by atoms with Crippen LogP contribution in [-0.4, -0.2) is 11.5 Å². The summed E-state index contributed by atoms with van der Waals surface area (Å²) in [5, 5.41) is 3.34. The highest BCUT2D eigenvalue weighted by Crippen LogP contribution is 2.34. The van der Waals surface area contributed by atoms with Crippen LogP contribution in [0.1, 0.15) is 18.9 Å². The van der Waals surface area contributed by atoms with Crippen LogP contribution in [0.3, 0.4) is 0 Å². The molecule has 1 heterocycles. The molecule has 0 unspecified atom stereocenters. The molecule has 0 atom stereocenters. The van der Waals surface area contributed by atoms with Gasteiger partial charge in [-0.2, -0.15) is 0 Å². The van der Waals surface area contributed by atoms with E-state index in [2.05, 4.69) is 33.2 Å². The fourth-order valence-electron chi connectivity index (χ4n) is 1.75. The van der Waals surface area contributed by atoms with Crippen LogP contribution in [0.2, 0.25) is 5.02 Å². The first-order valence-electron chi connectivity index (χ1n) is 6.57. The van der Waals surface area contributed by atoms with E-state index < -0.39 is 5.82 Å². The van der Waals surface area contributed by atoms with Gasteiger partial charge in [0, 0.05) is 24.4 Å². The largest absolute Gasteiger partial charge is 0.454 e. The molecule has 6 heteroatoms. The monoisotopic (exact) mass is 372 g/mol. The summed E-state index contributed by atoms with van der Waals surface area (Å²) in [5.41, 5.74) is 0.959. The second-order valence-corrected chi connectivity index (χ2v) is 5.72. The lowest BCUT2D eigenvalue weighted by molar-refractivity contribution is 0.462. The lowest BCUT2D eigenvalue weighted by atomic mass is 10.2. The Labute approximate surface area is 136 Å². The number of nitrogens with zero attached hydrogens (tertiary/aromatic N) is 1. The Morgan fingerprint density at radius 2 is 2.19 bits per heavy atom. The SMILES string of the molecule is CCCNCc1ccncc1Oc1cc(F)c(Cl)cc1Br. The van der Waals surface area contributed by atoms with Gasteiger partial charge in [0.1, 0.15) is 17.3 Å². The first-order chi connectivity index (χ1) is 10.1. The third kappa shape index (κ3) is 4.40. The number of aromatic nitrogens is 1. The summed E-state index contributed by atoms with van der Waals surface area (Å²) >= 11 is 9.04. The highest BCUT2D eigenvalue weighted by Gasteiger charge is 2.11. The van der Waals surface area contributed by atoms with Crippen LogP contribution in [-0.2, 0) is 6.54 Å². The van der Waals surface area contributed by atoms with E-state index in [1.807, 2.05) is 6.07 Å². The van der Waals surface area contributed by atoms with Crippen molar-refractivity contribution in [1.82, 2.24) is 10.3 Å². The Hall–Kier alpha value is -1.17. The van der Waals surface area contributed by atoms with Crippen molar-refractivity contribution in [3.8, 4) is 11.5 Å². The molecule has 0 bridgehead atoms. The maximum absolute atomic E-state index is 13.6. The number of hydrogen-bond acceptors (Lipinski definition) is 3. The minimum absolute atomic E-state index is 0.0465. The molecule has 0 aliphatic rings. The fourth-order valence-corrected chi connectivity index (χ4v) is 2.47. The van der Waals surface area contributed by atoms with E-state index in [4.69, 9.17) is 16.3 Å². The summed E-state index contributed by atoms with van der Waals surface area (Å²) in [4.78, 5) is 4.05. The van der Waals surface area contributed by atoms with Crippen LogP contribution in [0, 0.1) is 5.82 Å². The molecule has 21 heavy (non-hydrogen) atoms. The van der Waals surface area contributed by atoms with Crippen LogP contribution in [0.4, 0.5) is 4.39 Å². The van der Waals surface area contributed by atoms with Gasteiger partial charge in [-0.25, -0.2) is 4.39 Å². The van der Waals surface area contributed by atoms with E-state index in [0.717, 1.165) is 18.5 Å². The van der Waals surface area contributed by atoms with E-state index >= 15 is 0 Å². The zero-order chi connectivity index (χ0) is 15.2. The van der Waals surface area contributed by atoms with Gasteiger partial charge in [-0.15, -0.1) is 0 Å². The van der Waals surface area contributed by atoms with Crippen molar-refractivity contribution in [2.24, 2.45) is 0 Å². The smallest absolute Gasteiger partial charge is 0.150 e. The molecular weight excluding hydrogens is 359 g/mol. The zero-order valence-corrected chi connectivity index (χ0v) is 13.8. The van der Waals surface area contributed by atoms with Crippen molar-refractivity contribution < 1.29 is 9.13 Å². The molecule has 2 rings (SSSR count). The molecule has 2 aromatic rings. The molecule has 0 aliphatic carbocycles. The molecule has 0 aliphatic heterocycles. The van der Waals surface area contributed by atoms with E-state index in [1.54, 1.807) is 12.4 Å². The first kappa shape index (κ1) is 16.2. The van der Waals surface area contributed by atoms with Gasteiger partial charge in [-0.3, -0.25) is 4.98 Å². The van der Waals surface area contributed by atoms with Crippen molar-refractivity contribution in [1.29, 1.82) is 0 Å². The molecule has 0 spiro atoms. The van der Waals surface area contributed by atoms with Gasteiger partial charge in [-0.05, 0) is 41.0 Å². The Balaban J connectivity index is 2.21. The number of ether oxygens (including phenoxy) is 1. The van der Waals surface area contributed by atoms with Crippen LogP contribution in [0.5, 0.6) is 11.5 Å². The van der Waals surface area contributed by atoms with Crippen molar-refractivity contribution in [2.45, 2.75) is 19.9 Å². The Kier molecular flexibility index (Phi) is 5.96. The van der Waals surface area contributed by atoms with Gasteiger partial charge < -0.3 is 10.1 Å².